The average Bonchev–Trinajstić information content (AvgIpc) is 3.48. The summed E-state index contributed by atoms with van der Waals surface area (Å²) in [6, 6.07) is 9.17. The van der Waals surface area contributed by atoms with Gasteiger partial charge in [-0.2, -0.15) is 18.3 Å². The van der Waals surface area contributed by atoms with Crippen molar-refractivity contribution in [1.82, 2.24) is 25.1 Å². The Morgan fingerprint density at radius 3 is 2.67 bits per heavy atom. The van der Waals surface area contributed by atoms with Crippen LogP contribution in [0.5, 0.6) is 5.75 Å². The molecule has 45 heavy (non-hydrogen) atoms. The largest absolute Gasteiger partial charge is 0.495 e. The number of rotatable bonds is 4. The van der Waals surface area contributed by atoms with Gasteiger partial charge in [0, 0.05) is 37.6 Å². The van der Waals surface area contributed by atoms with E-state index in [0.29, 0.717) is 47.4 Å². The summed E-state index contributed by atoms with van der Waals surface area (Å²) in [6.07, 6.45) is -0.349. The summed E-state index contributed by atoms with van der Waals surface area (Å²) in [7, 11) is -0.712. The maximum absolute atomic E-state index is 14.1. The van der Waals surface area contributed by atoms with Crippen LogP contribution in [0.4, 0.5) is 36.1 Å². The number of nitrogens with one attached hydrogen (secondary N) is 3. The highest BCUT2D eigenvalue weighted by Crippen LogP contribution is 2.52. The molecule has 16 heteroatoms. The van der Waals surface area contributed by atoms with E-state index in [0.717, 1.165) is 0 Å². The van der Waals surface area contributed by atoms with Crippen LogP contribution in [-0.4, -0.2) is 53.0 Å². The molecule has 4 aromatic rings. The number of hydrogen-bond donors (Lipinski definition) is 3. The Morgan fingerprint density at radius 1 is 1.13 bits per heavy atom. The van der Waals surface area contributed by atoms with Crippen LogP contribution in [0.1, 0.15) is 35.0 Å². The minimum atomic E-state index is -4.76. The number of methoxy groups -OCH3 is 1. The highest BCUT2D eigenvalue weighted by Gasteiger charge is 2.35. The second kappa shape index (κ2) is 13.3. The summed E-state index contributed by atoms with van der Waals surface area (Å²) in [5, 5.41) is 12.5. The summed E-state index contributed by atoms with van der Waals surface area (Å²) in [5.74, 6) is -0.228. The third-order valence-corrected chi connectivity index (χ3v) is 8.78. The van der Waals surface area contributed by atoms with Crippen LogP contribution >= 0.6 is 7.60 Å². The Balaban J connectivity index is 1.62. The summed E-state index contributed by atoms with van der Waals surface area (Å²) in [6.45, 7) is 2.47. The van der Waals surface area contributed by atoms with E-state index in [4.69, 9.17) is 13.8 Å². The molecule has 0 radical (unpaired) electrons. The van der Waals surface area contributed by atoms with Gasteiger partial charge in [0.1, 0.15) is 11.6 Å². The summed E-state index contributed by atoms with van der Waals surface area (Å²) in [5.41, 5.74) is 0.474. The van der Waals surface area contributed by atoms with Crippen LogP contribution in [0.3, 0.4) is 0 Å². The standard InChI is InChI=1S/C29H31F3N7O5P/c1-4-43-45(41)17-18-6-7-22(25(12-18)42-3)37-26-13-24(20(15-34-26)29(30,31)32)36-23-9-8-21(38-27(23)28(40)33-2)19-14-35-39(16-19)10-5-11-44-45/h6-9,12-16,36H,4-5,10-11,17H2,1-3H3,(H,33,40)(H,34,37)/t45-/m0/s1. The number of aromatic nitrogens is 4. The molecule has 0 saturated carbocycles. The molecule has 4 aliphatic rings. The number of anilines is 4. The summed E-state index contributed by atoms with van der Waals surface area (Å²) < 4.78 is 74.3. The number of carbonyl (C=O) groups is 1. The van der Waals surface area contributed by atoms with E-state index in [-0.39, 0.29) is 42.3 Å². The second-order valence-corrected chi connectivity index (χ2v) is 12.0. The first kappa shape index (κ1) is 31.9. The number of ether oxygens (including phenoxy) is 1. The number of aryl methyl sites for hydroxylation is 1. The van der Waals surface area contributed by atoms with E-state index in [2.05, 4.69) is 31.0 Å². The quantitative estimate of drug-likeness (QED) is 0.215. The molecule has 7 heterocycles. The van der Waals surface area contributed by atoms with Crippen LogP contribution < -0.4 is 20.7 Å². The van der Waals surface area contributed by atoms with Gasteiger partial charge in [0.2, 0.25) is 0 Å². The highest BCUT2D eigenvalue weighted by molar-refractivity contribution is 7.53. The number of pyridine rings is 2. The van der Waals surface area contributed by atoms with Gasteiger partial charge in [-0.15, -0.1) is 0 Å². The van der Waals surface area contributed by atoms with Crippen molar-refractivity contribution in [3.8, 4) is 17.0 Å². The topological polar surface area (TPSA) is 142 Å². The number of carbonyl (C=O) groups excluding carboxylic acids is 1. The van der Waals surface area contributed by atoms with Crippen molar-refractivity contribution >= 4 is 36.4 Å². The van der Waals surface area contributed by atoms with Crippen molar-refractivity contribution in [3.05, 3.63) is 71.8 Å². The lowest BCUT2D eigenvalue weighted by molar-refractivity contribution is -0.137. The van der Waals surface area contributed by atoms with Crippen molar-refractivity contribution in [2.45, 2.75) is 32.2 Å². The van der Waals surface area contributed by atoms with E-state index in [1.807, 2.05) is 0 Å². The second-order valence-electron chi connectivity index (χ2n) is 9.93. The van der Waals surface area contributed by atoms with Crippen LogP contribution in [0.15, 0.2) is 55.0 Å². The highest BCUT2D eigenvalue weighted by atomic mass is 31.2. The third kappa shape index (κ3) is 7.44. The predicted molar refractivity (Wildman–Crippen MR) is 161 cm³/mol. The zero-order chi connectivity index (χ0) is 32.2. The molecule has 12 nitrogen and oxygen atoms in total. The Bertz CT molecular complexity index is 1750. The SMILES string of the molecule is CCO[P@@]1(=O)Cc2ccc(c(OC)c2)Nc2cc(c(C(F)(F)F)cn2)Nc2ccc(nc2C(=O)NC)-c2cnn(c2)CCCO1. The predicted octanol–water partition coefficient (Wildman–Crippen LogP) is 6.36. The maximum atomic E-state index is 14.1. The Hall–Kier alpha value is -4.46. The lowest BCUT2D eigenvalue weighted by Crippen LogP contribution is -2.21. The fourth-order valence-corrected chi connectivity index (χ4v) is 6.38. The molecule has 8 rings (SSSR count). The summed E-state index contributed by atoms with van der Waals surface area (Å²) in [4.78, 5) is 21.3. The number of alkyl halides is 3. The zero-order valence-electron chi connectivity index (χ0n) is 24.6. The van der Waals surface area contributed by atoms with Crippen molar-refractivity contribution in [2.75, 3.05) is 38.0 Å². The van der Waals surface area contributed by atoms with Gasteiger partial charge in [-0.25, -0.2) is 9.97 Å². The van der Waals surface area contributed by atoms with Gasteiger partial charge >= 0.3 is 13.8 Å². The molecule has 0 unspecified atom stereocenters. The molecule has 0 fully saturated rings. The van der Waals surface area contributed by atoms with E-state index in [1.165, 1.54) is 26.3 Å². The first-order valence-electron chi connectivity index (χ1n) is 13.9. The van der Waals surface area contributed by atoms with Gasteiger partial charge < -0.3 is 29.7 Å². The van der Waals surface area contributed by atoms with Crippen molar-refractivity contribution in [1.29, 1.82) is 0 Å². The monoisotopic (exact) mass is 645 g/mol. The molecule has 3 aromatic heterocycles. The molecule has 0 aliphatic carbocycles. The molecule has 8 bridgehead atoms. The van der Waals surface area contributed by atoms with Gasteiger partial charge in [-0.1, -0.05) is 6.07 Å². The molecule has 1 atom stereocenters. The lowest BCUT2D eigenvalue weighted by atomic mass is 10.1. The minimum Gasteiger partial charge on any atom is -0.495 e. The first-order chi connectivity index (χ1) is 21.5. The Labute approximate surface area is 256 Å². The molecular weight excluding hydrogens is 614 g/mol. The molecule has 0 saturated heterocycles. The van der Waals surface area contributed by atoms with E-state index in [1.54, 1.807) is 48.3 Å². The fraction of sp³-hybridized carbons (Fsp3) is 0.310. The van der Waals surface area contributed by atoms with Crippen LogP contribution in [0.2, 0.25) is 0 Å². The van der Waals surface area contributed by atoms with Gasteiger partial charge in [0.15, 0.2) is 5.69 Å². The molecule has 238 valence electrons. The van der Waals surface area contributed by atoms with Gasteiger partial charge in [-0.3, -0.25) is 14.0 Å². The molecule has 1 amide bonds. The van der Waals surface area contributed by atoms with E-state index in [9.17, 15) is 22.5 Å². The van der Waals surface area contributed by atoms with Crippen molar-refractivity contribution in [3.63, 3.8) is 0 Å². The molecule has 0 spiro atoms. The van der Waals surface area contributed by atoms with Crippen LogP contribution in [-0.2, 0) is 32.5 Å². The van der Waals surface area contributed by atoms with E-state index < -0.39 is 25.2 Å². The molecule has 1 aromatic carbocycles. The van der Waals surface area contributed by atoms with Crippen LogP contribution in [0, 0.1) is 0 Å². The Morgan fingerprint density at radius 2 is 1.93 bits per heavy atom. The first-order valence-corrected chi connectivity index (χ1v) is 15.7. The normalized spacial score (nSPS) is 17.0. The van der Waals surface area contributed by atoms with Gasteiger partial charge in [0.05, 0.1) is 61.0 Å². The zero-order valence-corrected chi connectivity index (χ0v) is 25.5. The lowest BCUT2D eigenvalue weighted by Gasteiger charge is -2.20. The van der Waals surface area contributed by atoms with Crippen molar-refractivity contribution < 1.29 is 36.3 Å². The smallest absolute Gasteiger partial charge is 0.419 e. The summed E-state index contributed by atoms with van der Waals surface area (Å²) >= 11 is 0. The molecule has 3 N–H and O–H groups in total. The van der Waals surface area contributed by atoms with Gasteiger partial charge in [-0.05, 0) is 43.2 Å². The average molecular weight is 646 g/mol. The van der Waals surface area contributed by atoms with Crippen molar-refractivity contribution in [2.24, 2.45) is 0 Å². The number of nitrogens with zero attached hydrogens (tertiary/aromatic N) is 4. The minimum absolute atomic E-state index is 0.0229. The number of hydrogen-bond acceptors (Lipinski definition) is 10. The van der Waals surface area contributed by atoms with Gasteiger partial charge in [0.25, 0.3) is 5.91 Å². The Kier molecular flexibility index (Phi) is 9.42. The maximum Gasteiger partial charge on any atom is 0.419 e. The molecular formula is C29H31F3N7O5P. The number of amides is 1. The van der Waals surface area contributed by atoms with E-state index >= 15 is 0 Å². The third-order valence-electron chi connectivity index (χ3n) is 6.80. The fourth-order valence-electron chi connectivity index (χ4n) is 4.68. The number of benzene rings is 1. The molecule has 4 aliphatic heterocycles. The number of halogens is 3. The van der Waals surface area contributed by atoms with Crippen LogP contribution in [0.25, 0.3) is 11.3 Å².